The molecular formula is C13H17ClS. The van der Waals surface area contributed by atoms with Gasteiger partial charge in [-0.3, -0.25) is 0 Å². The van der Waals surface area contributed by atoms with Gasteiger partial charge in [0.05, 0.1) is 0 Å². The standard InChI is InChI=1S/C13H17ClS/c14-12-8-6-11(7-9-12)10-15-13-4-2-1-3-5-13/h1-5,11-12H,6-10H2. The van der Waals surface area contributed by atoms with E-state index in [1.165, 1.54) is 36.3 Å². The first-order chi connectivity index (χ1) is 7.34. The van der Waals surface area contributed by atoms with Gasteiger partial charge in [-0.05, 0) is 43.7 Å². The molecule has 2 rings (SSSR count). The lowest BCUT2D eigenvalue weighted by atomic mass is 9.90. The van der Waals surface area contributed by atoms with E-state index in [0.717, 1.165) is 5.92 Å². The highest BCUT2D eigenvalue weighted by atomic mass is 35.5. The molecular weight excluding hydrogens is 224 g/mol. The normalized spacial score (nSPS) is 26.5. The van der Waals surface area contributed by atoms with Gasteiger partial charge in [0.15, 0.2) is 0 Å². The second-order valence-electron chi connectivity index (χ2n) is 4.24. The Morgan fingerprint density at radius 1 is 1.07 bits per heavy atom. The van der Waals surface area contributed by atoms with Gasteiger partial charge in [0.2, 0.25) is 0 Å². The summed E-state index contributed by atoms with van der Waals surface area (Å²) >= 11 is 8.08. The Bertz CT molecular complexity index is 278. The molecule has 0 spiro atoms. The van der Waals surface area contributed by atoms with Crippen LogP contribution < -0.4 is 0 Å². The summed E-state index contributed by atoms with van der Waals surface area (Å²) in [7, 11) is 0. The summed E-state index contributed by atoms with van der Waals surface area (Å²) < 4.78 is 0. The largest absolute Gasteiger partial charge is 0.126 e. The number of halogens is 1. The SMILES string of the molecule is ClC1CCC(CSc2ccccc2)CC1. The molecule has 0 N–H and O–H groups in total. The summed E-state index contributed by atoms with van der Waals surface area (Å²) in [4.78, 5) is 1.39. The molecule has 1 aliphatic carbocycles. The molecule has 0 atom stereocenters. The second kappa shape index (κ2) is 5.81. The molecule has 0 aliphatic heterocycles. The van der Waals surface area contributed by atoms with E-state index < -0.39 is 0 Å². The van der Waals surface area contributed by atoms with Crippen molar-refractivity contribution in [3.8, 4) is 0 Å². The summed E-state index contributed by atoms with van der Waals surface area (Å²) in [6, 6.07) is 10.7. The van der Waals surface area contributed by atoms with Gasteiger partial charge in [-0.1, -0.05) is 18.2 Å². The fourth-order valence-electron chi connectivity index (χ4n) is 2.02. The first kappa shape index (κ1) is 11.3. The number of benzene rings is 1. The van der Waals surface area contributed by atoms with Crippen LogP contribution in [-0.4, -0.2) is 11.1 Å². The minimum Gasteiger partial charge on any atom is -0.126 e. The third kappa shape index (κ3) is 3.73. The number of alkyl halides is 1. The molecule has 15 heavy (non-hydrogen) atoms. The van der Waals surface area contributed by atoms with Gasteiger partial charge in [0.25, 0.3) is 0 Å². The van der Waals surface area contributed by atoms with Crippen LogP contribution in [0.2, 0.25) is 0 Å². The van der Waals surface area contributed by atoms with Gasteiger partial charge in [-0.25, -0.2) is 0 Å². The predicted molar refractivity (Wildman–Crippen MR) is 68.8 cm³/mol. The molecule has 1 fully saturated rings. The van der Waals surface area contributed by atoms with Crippen molar-refractivity contribution in [3.63, 3.8) is 0 Å². The van der Waals surface area contributed by atoms with E-state index in [4.69, 9.17) is 11.6 Å². The number of rotatable bonds is 3. The zero-order valence-electron chi connectivity index (χ0n) is 8.86. The summed E-state index contributed by atoms with van der Waals surface area (Å²) in [5.41, 5.74) is 0. The summed E-state index contributed by atoms with van der Waals surface area (Å²) in [5.74, 6) is 2.14. The molecule has 1 saturated carbocycles. The van der Waals surface area contributed by atoms with Gasteiger partial charge >= 0.3 is 0 Å². The minimum absolute atomic E-state index is 0.447. The van der Waals surface area contributed by atoms with Gasteiger partial charge in [0, 0.05) is 16.0 Å². The number of hydrogen-bond acceptors (Lipinski definition) is 1. The van der Waals surface area contributed by atoms with E-state index in [-0.39, 0.29) is 0 Å². The molecule has 1 aromatic rings. The summed E-state index contributed by atoms with van der Waals surface area (Å²) in [6.07, 6.45) is 5.05. The van der Waals surface area contributed by atoms with Crippen LogP contribution in [0.1, 0.15) is 25.7 Å². The Morgan fingerprint density at radius 2 is 1.73 bits per heavy atom. The van der Waals surface area contributed by atoms with Gasteiger partial charge < -0.3 is 0 Å². The molecule has 0 heterocycles. The van der Waals surface area contributed by atoms with Gasteiger partial charge in [0.1, 0.15) is 0 Å². The van der Waals surface area contributed by atoms with Gasteiger partial charge in [-0.15, -0.1) is 23.4 Å². The van der Waals surface area contributed by atoms with Crippen LogP contribution in [0.4, 0.5) is 0 Å². The van der Waals surface area contributed by atoms with Crippen LogP contribution in [0.15, 0.2) is 35.2 Å². The summed E-state index contributed by atoms with van der Waals surface area (Å²) in [5, 5.41) is 0.447. The van der Waals surface area contributed by atoms with E-state index in [1.807, 2.05) is 11.8 Å². The Kier molecular flexibility index (Phi) is 4.40. The van der Waals surface area contributed by atoms with E-state index in [9.17, 15) is 0 Å². The summed E-state index contributed by atoms with van der Waals surface area (Å²) in [6.45, 7) is 0. The van der Waals surface area contributed by atoms with Gasteiger partial charge in [-0.2, -0.15) is 0 Å². The quantitative estimate of drug-likeness (QED) is 0.551. The smallest absolute Gasteiger partial charge is 0.0336 e. The zero-order valence-corrected chi connectivity index (χ0v) is 10.4. The molecule has 0 bridgehead atoms. The fourth-order valence-corrected chi connectivity index (χ4v) is 3.38. The third-order valence-electron chi connectivity index (χ3n) is 3.01. The Labute approximate surface area is 101 Å². The van der Waals surface area contributed by atoms with Crippen molar-refractivity contribution in [2.24, 2.45) is 5.92 Å². The molecule has 82 valence electrons. The lowest BCUT2D eigenvalue weighted by Gasteiger charge is -2.24. The maximum Gasteiger partial charge on any atom is 0.0336 e. The first-order valence-electron chi connectivity index (χ1n) is 5.66. The van der Waals surface area contributed by atoms with E-state index in [2.05, 4.69) is 30.3 Å². The minimum atomic E-state index is 0.447. The number of hydrogen-bond donors (Lipinski definition) is 0. The second-order valence-corrected chi connectivity index (χ2v) is 5.95. The lowest BCUT2D eigenvalue weighted by Crippen LogP contribution is -2.15. The maximum absolute atomic E-state index is 6.09. The van der Waals surface area contributed by atoms with Crippen LogP contribution in [0.5, 0.6) is 0 Å². The lowest BCUT2D eigenvalue weighted by molar-refractivity contribution is 0.395. The Balaban J connectivity index is 1.74. The molecule has 2 heteroatoms. The molecule has 0 saturated heterocycles. The monoisotopic (exact) mass is 240 g/mol. The molecule has 0 aromatic heterocycles. The van der Waals surface area contributed by atoms with E-state index >= 15 is 0 Å². The molecule has 0 unspecified atom stereocenters. The Morgan fingerprint density at radius 3 is 2.40 bits per heavy atom. The highest BCUT2D eigenvalue weighted by molar-refractivity contribution is 7.99. The fraction of sp³-hybridized carbons (Fsp3) is 0.538. The zero-order chi connectivity index (χ0) is 10.5. The van der Waals surface area contributed by atoms with Crippen LogP contribution >= 0.6 is 23.4 Å². The van der Waals surface area contributed by atoms with Crippen molar-refractivity contribution in [2.45, 2.75) is 36.0 Å². The average molecular weight is 241 g/mol. The molecule has 1 aliphatic rings. The van der Waals surface area contributed by atoms with Crippen LogP contribution in [0.25, 0.3) is 0 Å². The predicted octanol–water partition coefficient (Wildman–Crippen LogP) is 4.58. The molecule has 1 aromatic carbocycles. The van der Waals surface area contributed by atoms with Crippen LogP contribution in [-0.2, 0) is 0 Å². The van der Waals surface area contributed by atoms with Crippen molar-refractivity contribution in [2.75, 3.05) is 5.75 Å². The van der Waals surface area contributed by atoms with Crippen molar-refractivity contribution in [1.29, 1.82) is 0 Å². The molecule has 0 radical (unpaired) electrons. The van der Waals surface area contributed by atoms with Crippen LogP contribution in [0, 0.1) is 5.92 Å². The van der Waals surface area contributed by atoms with Crippen molar-refractivity contribution < 1.29 is 0 Å². The van der Waals surface area contributed by atoms with Crippen molar-refractivity contribution in [1.82, 2.24) is 0 Å². The third-order valence-corrected chi connectivity index (χ3v) is 4.69. The van der Waals surface area contributed by atoms with Crippen molar-refractivity contribution in [3.05, 3.63) is 30.3 Å². The number of thioether (sulfide) groups is 1. The Hall–Kier alpha value is -0.140. The molecule has 0 amide bonds. The highest BCUT2D eigenvalue weighted by Crippen LogP contribution is 2.31. The topological polar surface area (TPSA) is 0 Å². The van der Waals surface area contributed by atoms with E-state index in [1.54, 1.807) is 0 Å². The first-order valence-corrected chi connectivity index (χ1v) is 7.08. The average Bonchev–Trinajstić information content (AvgIpc) is 2.30. The van der Waals surface area contributed by atoms with Crippen LogP contribution in [0.3, 0.4) is 0 Å². The van der Waals surface area contributed by atoms with Crippen molar-refractivity contribution >= 4 is 23.4 Å². The highest BCUT2D eigenvalue weighted by Gasteiger charge is 2.19. The van der Waals surface area contributed by atoms with E-state index in [0.29, 0.717) is 5.38 Å². The molecule has 0 nitrogen and oxygen atoms in total. The maximum atomic E-state index is 6.09.